The zero-order chi connectivity index (χ0) is 19.0. The molecule has 8 heteroatoms. The molecule has 0 spiro atoms. The summed E-state index contributed by atoms with van der Waals surface area (Å²) in [5.41, 5.74) is 0.772. The lowest BCUT2D eigenvalue weighted by Crippen LogP contribution is -2.37. The first-order chi connectivity index (χ1) is 12.4. The molecule has 2 rings (SSSR count). The average molecular weight is 377 g/mol. The van der Waals surface area contributed by atoms with Crippen molar-refractivity contribution in [1.82, 2.24) is 9.46 Å². The highest BCUT2D eigenvalue weighted by Crippen LogP contribution is 2.11. The molecule has 1 amide bonds. The molecule has 1 N–H and O–H groups in total. The average Bonchev–Trinajstić information content (AvgIpc) is 3.02. The highest BCUT2D eigenvalue weighted by atomic mass is 32.2. The third kappa shape index (κ3) is 6.12. The van der Waals surface area contributed by atoms with Crippen LogP contribution in [0.4, 0.5) is 5.82 Å². The van der Waals surface area contributed by atoms with Crippen LogP contribution in [0.1, 0.15) is 31.1 Å². The number of hydrogen-bond acceptors (Lipinski definition) is 5. The van der Waals surface area contributed by atoms with Gasteiger partial charge in [-0.25, -0.2) is 8.42 Å². The first kappa shape index (κ1) is 19.9. The van der Waals surface area contributed by atoms with E-state index in [0.717, 1.165) is 21.7 Å². The Morgan fingerprint density at radius 2 is 2.04 bits per heavy atom. The number of carbonyl (C=O) groups excluding carboxylic acids is 1. The standard InChI is InChI=1S/C18H23N3O4S/c1-3-4-11-21(14-18(22)19-17-13-15(2)25-20-17)26(23,24)12-10-16-8-6-5-7-9-16/h5-10,12-13H,3-4,11,14H2,1-2H3,(H,19,20,22)/b12-10+. The number of anilines is 1. The Kier molecular flexibility index (Phi) is 7.11. The minimum Gasteiger partial charge on any atom is -0.360 e. The number of aryl methyl sites for hydroxylation is 1. The van der Waals surface area contributed by atoms with Gasteiger partial charge in [0.25, 0.3) is 0 Å². The maximum Gasteiger partial charge on any atom is 0.240 e. The smallest absolute Gasteiger partial charge is 0.240 e. The summed E-state index contributed by atoms with van der Waals surface area (Å²) in [6, 6.07) is 10.7. The quantitative estimate of drug-likeness (QED) is 0.725. The molecule has 26 heavy (non-hydrogen) atoms. The van der Waals surface area contributed by atoms with Crippen molar-refractivity contribution in [2.75, 3.05) is 18.4 Å². The van der Waals surface area contributed by atoms with Crippen LogP contribution in [0.5, 0.6) is 0 Å². The first-order valence-electron chi connectivity index (χ1n) is 8.37. The van der Waals surface area contributed by atoms with Gasteiger partial charge in [-0.05, 0) is 25.0 Å². The zero-order valence-electron chi connectivity index (χ0n) is 14.9. The SMILES string of the molecule is CCCCN(CC(=O)Nc1cc(C)on1)S(=O)(=O)/C=C/c1ccccc1. The van der Waals surface area contributed by atoms with Gasteiger partial charge in [-0.2, -0.15) is 4.31 Å². The number of sulfonamides is 1. The van der Waals surface area contributed by atoms with Gasteiger partial charge in [0.15, 0.2) is 5.82 Å². The molecular weight excluding hydrogens is 354 g/mol. The summed E-state index contributed by atoms with van der Waals surface area (Å²) in [7, 11) is -3.73. The summed E-state index contributed by atoms with van der Waals surface area (Å²) in [6.45, 7) is 3.65. The summed E-state index contributed by atoms with van der Waals surface area (Å²) in [5.74, 6) is 0.354. The van der Waals surface area contributed by atoms with Crippen molar-refractivity contribution in [2.24, 2.45) is 0 Å². The third-order valence-corrected chi connectivity index (χ3v) is 5.08. The van der Waals surface area contributed by atoms with Crippen LogP contribution in [0.2, 0.25) is 0 Å². The lowest BCUT2D eigenvalue weighted by molar-refractivity contribution is -0.116. The van der Waals surface area contributed by atoms with Crippen molar-refractivity contribution in [3.05, 3.63) is 53.1 Å². The minimum atomic E-state index is -3.73. The van der Waals surface area contributed by atoms with E-state index in [1.807, 2.05) is 37.3 Å². The van der Waals surface area contributed by atoms with Crippen molar-refractivity contribution < 1.29 is 17.7 Å². The normalized spacial score (nSPS) is 12.0. The molecule has 0 saturated carbocycles. The Hall–Kier alpha value is -2.45. The van der Waals surface area contributed by atoms with Crippen LogP contribution in [0.15, 0.2) is 46.3 Å². The van der Waals surface area contributed by atoms with Crippen molar-refractivity contribution in [3.8, 4) is 0 Å². The molecule has 2 aromatic rings. The van der Waals surface area contributed by atoms with Crippen LogP contribution in [-0.4, -0.2) is 36.9 Å². The van der Waals surface area contributed by atoms with Crippen LogP contribution < -0.4 is 5.32 Å². The highest BCUT2D eigenvalue weighted by molar-refractivity contribution is 7.92. The molecule has 1 aromatic carbocycles. The maximum absolute atomic E-state index is 12.6. The molecule has 0 unspecified atom stereocenters. The number of carbonyl (C=O) groups is 1. The van der Waals surface area contributed by atoms with Crippen LogP contribution in [0, 0.1) is 6.92 Å². The fourth-order valence-electron chi connectivity index (χ4n) is 2.21. The molecular formula is C18H23N3O4S. The van der Waals surface area contributed by atoms with E-state index in [9.17, 15) is 13.2 Å². The molecule has 7 nitrogen and oxygen atoms in total. The van der Waals surface area contributed by atoms with Gasteiger partial charge >= 0.3 is 0 Å². The number of amides is 1. The lowest BCUT2D eigenvalue weighted by Gasteiger charge is -2.19. The number of rotatable bonds is 9. The Morgan fingerprint density at radius 1 is 1.31 bits per heavy atom. The van der Waals surface area contributed by atoms with Crippen molar-refractivity contribution in [3.63, 3.8) is 0 Å². The van der Waals surface area contributed by atoms with Crippen molar-refractivity contribution >= 4 is 27.8 Å². The zero-order valence-corrected chi connectivity index (χ0v) is 15.7. The van der Waals surface area contributed by atoms with Gasteiger partial charge in [0.05, 0.1) is 6.54 Å². The second kappa shape index (κ2) is 9.30. The van der Waals surface area contributed by atoms with Gasteiger partial charge < -0.3 is 9.84 Å². The van der Waals surface area contributed by atoms with E-state index in [1.165, 1.54) is 6.08 Å². The monoisotopic (exact) mass is 377 g/mol. The summed E-state index contributed by atoms with van der Waals surface area (Å²) in [5, 5.41) is 7.35. The molecule has 0 bridgehead atoms. The molecule has 1 heterocycles. The lowest BCUT2D eigenvalue weighted by atomic mass is 10.2. The third-order valence-electron chi connectivity index (χ3n) is 3.57. The van der Waals surface area contributed by atoms with E-state index in [2.05, 4.69) is 10.5 Å². The molecule has 0 aliphatic rings. The Labute approximate surface area is 153 Å². The van der Waals surface area contributed by atoms with Crippen LogP contribution in [-0.2, 0) is 14.8 Å². The summed E-state index contributed by atoms with van der Waals surface area (Å²) >= 11 is 0. The first-order valence-corrected chi connectivity index (χ1v) is 9.87. The maximum atomic E-state index is 12.6. The van der Waals surface area contributed by atoms with Crippen molar-refractivity contribution in [2.45, 2.75) is 26.7 Å². The number of nitrogens with one attached hydrogen (secondary N) is 1. The molecule has 0 aliphatic heterocycles. The number of nitrogens with zero attached hydrogens (tertiary/aromatic N) is 2. The number of benzene rings is 1. The van der Waals surface area contributed by atoms with Crippen LogP contribution >= 0.6 is 0 Å². The molecule has 0 radical (unpaired) electrons. The van der Waals surface area contributed by atoms with Gasteiger partial charge in [-0.15, -0.1) is 0 Å². The topological polar surface area (TPSA) is 92.5 Å². The fraction of sp³-hybridized carbons (Fsp3) is 0.333. The number of unbranched alkanes of at least 4 members (excludes halogenated alkanes) is 1. The van der Waals surface area contributed by atoms with Gasteiger partial charge in [0.2, 0.25) is 15.9 Å². The molecule has 0 aliphatic carbocycles. The molecule has 0 atom stereocenters. The predicted octanol–water partition coefficient (Wildman–Crippen LogP) is 3.02. The van der Waals surface area contributed by atoms with Gasteiger partial charge in [0, 0.05) is 18.0 Å². The second-order valence-electron chi connectivity index (χ2n) is 5.82. The Balaban J connectivity index is 2.09. The van der Waals surface area contributed by atoms with E-state index in [4.69, 9.17) is 4.52 Å². The summed E-state index contributed by atoms with van der Waals surface area (Å²) < 4.78 is 31.3. The summed E-state index contributed by atoms with van der Waals surface area (Å²) in [4.78, 5) is 12.2. The predicted molar refractivity (Wildman–Crippen MR) is 101 cm³/mol. The molecule has 140 valence electrons. The van der Waals surface area contributed by atoms with Crippen LogP contribution in [0.25, 0.3) is 6.08 Å². The molecule has 0 saturated heterocycles. The van der Waals surface area contributed by atoms with Crippen LogP contribution in [0.3, 0.4) is 0 Å². The van der Waals surface area contributed by atoms with Gasteiger partial charge in [-0.1, -0.05) is 48.8 Å². The van der Waals surface area contributed by atoms with Gasteiger partial charge in [0.1, 0.15) is 5.76 Å². The van der Waals surface area contributed by atoms with E-state index < -0.39 is 15.9 Å². The molecule has 0 fully saturated rings. The fourth-order valence-corrected chi connectivity index (χ4v) is 3.40. The van der Waals surface area contributed by atoms with Gasteiger partial charge in [-0.3, -0.25) is 4.79 Å². The summed E-state index contributed by atoms with van der Waals surface area (Å²) in [6.07, 6.45) is 3.00. The van der Waals surface area contributed by atoms with E-state index in [0.29, 0.717) is 12.2 Å². The van der Waals surface area contributed by atoms with E-state index in [-0.39, 0.29) is 18.9 Å². The van der Waals surface area contributed by atoms with E-state index in [1.54, 1.807) is 13.0 Å². The molecule has 1 aromatic heterocycles. The second-order valence-corrected chi connectivity index (χ2v) is 7.63. The number of hydrogen-bond donors (Lipinski definition) is 1. The Bertz CT molecular complexity index is 844. The minimum absolute atomic E-state index is 0.264. The largest absolute Gasteiger partial charge is 0.360 e. The van der Waals surface area contributed by atoms with E-state index >= 15 is 0 Å². The Morgan fingerprint density at radius 3 is 2.65 bits per heavy atom. The van der Waals surface area contributed by atoms with Crippen molar-refractivity contribution in [1.29, 1.82) is 0 Å². The highest BCUT2D eigenvalue weighted by Gasteiger charge is 2.22. The number of aromatic nitrogens is 1.